The summed E-state index contributed by atoms with van der Waals surface area (Å²) in [4.78, 5) is 27.5. The van der Waals surface area contributed by atoms with E-state index in [1.54, 1.807) is 4.90 Å². The molecule has 7 heteroatoms. The van der Waals surface area contributed by atoms with Gasteiger partial charge in [-0.15, -0.1) is 0 Å². The Kier molecular flexibility index (Phi) is 6.31. The maximum Gasteiger partial charge on any atom is 0.405 e. The van der Waals surface area contributed by atoms with E-state index in [-0.39, 0.29) is 11.8 Å². The summed E-state index contributed by atoms with van der Waals surface area (Å²) < 4.78 is 0. The molecule has 2 rings (SSSR count). The molecule has 132 valence electrons. The standard InChI is InChI=1S/C17H24ClN3O3/c1-12(2)11-15(19-17(23)24)16(22)21-9-7-20(8-10-21)14-5-3-13(18)4-6-14/h3-6,12,15,19H,7-11H2,1-2H3,(H,23,24). The zero-order valence-electron chi connectivity index (χ0n) is 14.0. The third kappa shape index (κ3) is 5.03. The van der Waals surface area contributed by atoms with Crippen molar-refractivity contribution in [3.8, 4) is 0 Å². The number of carboxylic acid groups (broad SMARTS) is 1. The van der Waals surface area contributed by atoms with Crippen molar-refractivity contribution in [2.75, 3.05) is 31.1 Å². The summed E-state index contributed by atoms with van der Waals surface area (Å²) in [7, 11) is 0. The lowest BCUT2D eigenvalue weighted by molar-refractivity contribution is -0.134. The van der Waals surface area contributed by atoms with E-state index in [0.29, 0.717) is 24.5 Å². The summed E-state index contributed by atoms with van der Waals surface area (Å²) in [5, 5.41) is 12.0. The van der Waals surface area contributed by atoms with E-state index in [9.17, 15) is 9.59 Å². The molecule has 24 heavy (non-hydrogen) atoms. The summed E-state index contributed by atoms with van der Waals surface area (Å²) in [6.07, 6.45) is -0.656. The van der Waals surface area contributed by atoms with E-state index < -0.39 is 12.1 Å². The molecule has 6 nitrogen and oxygen atoms in total. The van der Waals surface area contributed by atoms with Crippen LogP contribution in [0.3, 0.4) is 0 Å². The largest absolute Gasteiger partial charge is 0.465 e. The van der Waals surface area contributed by atoms with Gasteiger partial charge in [-0.05, 0) is 36.6 Å². The molecule has 0 spiro atoms. The molecule has 0 bridgehead atoms. The van der Waals surface area contributed by atoms with Gasteiger partial charge in [-0.1, -0.05) is 25.4 Å². The van der Waals surface area contributed by atoms with Crippen LogP contribution in [0, 0.1) is 5.92 Å². The number of nitrogens with zero attached hydrogens (tertiary/aromatic N) is 2. The molecule has 1 aromatic rings. The summed E-state index contributed by atoms with van der Waals surface area (Å²) in [5.74, 6) is 0.100. The molecule has 2 amide bonds. The number of carbonyl (C=O) groups excluding carboxylic acids is 1. The van der Waals surface area contributed by atoms with Crippen molar-refractivity contribution >= 4 is 29.3 Å². The lowest BCUT2D eigenvalue weighted by Crippen LogP contribution is -2.55. The van der Waals surface area contributed by atoms with Crippen LogP contribution in [0.5, 0.6) is 0 Å². The minimum atomic E-state index is -1.16. The van der Waals surface area contributed by atoms with Gasteiger partial charge in [0.2, 0.25) is 5.91 Å². The Morgan fingerprint density at radius 1 is 1.17 bits per heavy atom. The molecule has 1 fully saturated rings. The number of carbonyl (C=O) groups is 2. The molecule has 0 aliphatic carbocycles. The van der Waals surface area contributed by atoms with E-state index in [1.165, 1.54) is 0 Å². The highest BCUT2D eigenvalue weighted by molar-refractivity contribution is 6.30. The number of hydrogen-bond donors (Lipinski definition) is 2. The molecule has 0 aromatic heterocycles. The number of anilines is 1. The van der Waals surface area contributed by atoms with Crippen LogP contribution >= 0.6 is 11.6 Å². The maximum absolute atomic E-state index is 12.6. The monoisotopic (exact) mass is 353 g/mol. The van der Waals surface area contributed by atoms with Crippen molar-refractivity contribution in [1.29, 1.82) is 0 Å². The fraction of sp³-hybridized carbons (Fsp3) is 0.529. The zero-order valence-corrected chi connectivity index (χ0v) is 14.8. The van der Waals surface area contributed by atoms with Crippen molar-refractivity contribution in [1.82, 2.24) is 10.2 Å². The molecule has 0 radical (unpaired) electrons. The highest BCUT2D eigenvalue weighted by atomic mass is 35.5. The summed E-state index contributed by atoms with van der Waals surface area (Å²) >= 11 is 5.91. The third-order valence-electron chi connectivity index (χ3n) is 4.09. The van der Waals surface area contributed by atoms with Gasteiger partial charge in [0.15, 0.2) is 0 Å². The SMILES string of the molecule is CC(C)CC(NC(=O)O)C(=O)N1CCN(c2ccc(Cl)cc2)CC1. The van der Waals surface area contributed by atoms with Gasteiger partial charge in [-0.3, -0.25) is 4.79 Å². The van der Waals surface area contributed by atoms with Crippen LogP contribution in [0.1, 0.15) is 20.3 Å². The molecule has 1 aromatic carbocycles. The van der Waals surface area contributed by atoms with Gasteiger partial charge in [0.1, 0.15) is 6.04 Å². The average molecular weight is 354 g/mol. The van der Waals surface area contributed by atoms with Crippen molar-refractivity contribution in [3.05, 3.63) is 29.3 Å². The van der Waals surface area contributed by atoms with Crippen LogP contribution in [-0.2, 0) is 4.79 Å². The first-order valence-corrected chi connectivity index (χ1v) is 8.53. The average Bonchev–Trinajstić information content (AvgIpc) is 2.53. The molecule has 0 saturated carbocycles. The van der Waals surface area contributed by atoms with E-state index in [1.807, 2.05) is 38.1 Å². The minimum absolute atomic E-state index is 0.137. The van der Waals surface area contributed by atoms with Crippen molar-refractivity contribution < 1.29 is 14.7 Å². The predicted molar refractivity (Wildman–Crippen MR) is 94.6 cm³/mol. The van der Waals surface area contributed by atoms with Crippen LogP contribution in [0.4, 0.5) is 10.5 Å². The highest BCUT2D eigenvalue weighted by Crippen LogP contribution is 2.20. The summed E-state index contributed by atoms with van der Waals surface area (Å²) in [5.41, 5.74) is 1.08. The van der Waals surface area contributed by atoms with Gasteiger partial charge in [0, 0.05) is 36.9 Å². The zero-order chi connectivity index (χ0) is 17.7. The molecule has 1 aliphatic rings. The van der Waals surface area contributed by atoms with Gasteiger partial charge in [-0.25, -0.2) is 4.79 Å². The molecular formula is C17H24ClN3O3. The quantitative estimate of drug-likeness (QED) is 0.853. The second-order valence-electron chi connectivity index (χ2n) is 6.42. The molecule has 1 saturated heterocycles. The van der Waals surface area contributed by atoms with E-state index in [0.717, 1.165) is 18.8 Å². The second kappa shape index (κ2) is 8.24. The van der Waals surface area contributed by atoms with Gasteiger partial charge >= 0.3 is 6.09 Å². The van der Waals surface area contributed by atoms with Gasteiger partial charge in [-0.2, -0.15) is 0 Å². The number of hydrogen-bond acceptors (Lipinski definition) is 3. The Bertz CT molecular complexity index is 569. The highest BCUT2D eigenvalue weighted by Gasteiger charge is 2.29. The van der Waals surface area contributed by atoms with Crippen LogP contribution in [-0.4, -0.2) is 54.2 Å². The number of benzene rings is 1. The third-order valence-corrected chi connectivity index (χ3v) is 4.34. The van der Waals surface area contributed by atoms with Crippen molar-refractivity contribution in [2.45, 2.75) is 26.3 Å². The molecule has 2 N–H and O–H groups in total. The van der Waals surface area contributed by atoms with Crippen molar-refractivity contribution in [2.24, 2.45) is 5.92 Å². The Hall–Kier alpha value is -1.95. The Morgan fingerprint density at radius 3 is 2.25 bits per heavy atom. The van der Waals surface area contributed by atoms with Gasteiger partial charge in [0.25, 0.3) is 0 Å². The normalized spacial score (nSPS) is 16.2. The minimum Gasteiger partial charge on any atom is -0.465 e. The number of rotatable bonds is 5. The van der Waals surface area contributed by atoms with E-state index >= 15 is 0 Å². The maximum atomic E-state index is 12.6. The first-order valence-electron chi connectivity index (χ1n) is 8.15. The smallest absolute Gasteiger partial charge is 0.405 e. The van der Waals surface area contributed by atoms with E-state index in [4.69, 9.17) is 16.7 Å². The number of piperazine rings is 1. The first kappa shape index (κ1) is 18.4. The Balaban J connectivity index is 1.95. The van der Waals surface area contributed by atoms with Gasteiger partial charge < -0.3 is 20.2 Å². The predicted octanol–water partition coefficient (Wildman–Crippen LogP) is 2.67. The molecule has 1 heterocycles. The molecule has 1 unspecified atom stereocenters. The van der Waals surface area contributed by atoms with Crippen LogP contribution in [0.15, 0.2) is 24.3 Å². The van der Waals surface area contributed by atoms with E-state index in [2.05, 4.69) is 10.2 Å². The Labute approximate surface area is 147 Å². The van der Waals surface area contributed by atoms with Gasteiger partial charge in [0.05, 0.1) is 0 Å². The number of amides is 2. The van der Waals surface area contributed by atoms with Crippen LogP contribution < -0.4 is 10.2 Å². The first-order chi connectivity index (χ1) is 11.4. The summed E-state index contributed by atoms with van der Waals surface area (Å²) in [6, 6.07) is 6.96. The number of halogens is 1. The molecule has 1 atom stereocenters. The second-order valence-corrected chi connectivity index (χ2v) is 6.86. The topological polar surface area (TPSA) is 72.9 Å². The lowest BCUT2D eigenvalue weighted by atomic mass is 10.0. The fourth-order valence-corrected chi connectivity index (χ4v) is 3.03. The van der Waals surface area contributed by atoms with Crippen LogP contribution in [0.25, 0.3) is 0 Å². The summed E-state index contributed by atoms with van der Waals surface area (Å²) in [6.45, 7) is 6.54. The fourth-order valence-electron chi connectivity index (χ4n) is 2.90. The lowest BCUT2D eigenvalue weighted by Gasteiger charge is -2.37. The molecule has 1 aliphatic heterocycles. The molecular weight excluding hydrogens is 330 g/mol. The van der Waals surface area contributed by atoms with Crippen molar-refractivity contribution in [3.63, 3.8) is 0 Å². The van der Waals surface area contributed by atoms with Crippen LogP contribution in [0.2, 0.25) is 5.02 Å². The Morgan fingerprint density at radius 2 is 1.75 bits per heavy atom. The number of nitrogens with one attached hydrogen (secondary N) is 1.